The Balaban J connectivity index is 2.52. The molecule has 0 fully saturated rings. The van der Waals surface area contributed by atoms with Crippen molar-refractivity contribution in [3.63, 3.8) is 0 Å². The van der Waals surface area contributed by atoms with Gasteiger partial charge in [0.25, 0.3) is 0 Å². The quantitative estimate of drug-likeness (QED) is 0.803. The van der Waals surface area contributed by atoms with Crippen molar-refractivity contribution in [2.75, 3.05) is 5.75 Å². The van der Waals surface area contributed by atoms with Gasteiger partial charge in [0.2, 0.25) is 0 Å². The molecule has 1 aromatic heterocycles. The summed E-state index contributed by atoms with van der Waals surface area (Å²) in [6, 6.07) is 0. The zero-order valence-corrected chi connectivity index (χ0v) is 10.2. The monoisotopic (exact) mass is 244 g/mol. The lowest BCUT2D eigenvalue weighted by Crippen LogP contribution is -2.27. The number of hydrogen-bond acceptors (Lipinski definition) is 3. The SMILES string of the molecule is CCC(C(=O)O)S(=O)CCn1ccnc1C. The Kier molecular flexibility index (Phi) is 4.67. The van der Waals surface area contributed by atoms with Crippen molar-refractivity contribution in [2.24, 2.45) is 0 Å². The van der Waals surface area contributed by atoms with E-state index in [2.05, 4.69) is 4.98 Å². The van der Waals surface area contributed by atoms with E-state index < -0.39 is 22.0 Å². The molecule has 0 spiro atoms. The number of imidazole rings is 1. The molecule has 1 N–H and O–H groups in total. The number of nitrogens with zero attached hydrogens (tertiary/aromatic N) is 2. The Labute approximate surface area is 97.0 Å². The maximum absolute atomic E-state index is 11.7. The molecule has 0 saturated carbocycles. The van der Waals surface area contributed by atoms with Crippen molar-refractivity contribution in [1.82, 2.24) is 9.55 Å². The van der Waals surface area contributed by atoms with Crippen LogP contribution < -0.4 is 0 Å². The van der Waals surface area contributed by atoms with Crippen LogP contribution in [0.4, 0.5) is 0 Å². The van der Waals surface area contributed by atoms with Crippen LogP contribution in [0.15, 0.2) is 12.4 Å². The molecular formula is C10H16N2O3S. The van der Waals surface area contributed by atoms with Gasteiger partial charge in [-0.1, -0.05) is 6.92 Å². The third-order valence-electron chi connectivity index (χ3n) is 2.42. The minimum Gasteiger partial charge on any atom is -0.480 e. The van der Waals surface area contributed by atoms with Gasteiger partial charge in [-0.25, -0.2) is 4.98 Å². The normalized spacial score (nSPS) is 14.6. The fourth-order valence-corrected chi connectivity index (χ4v) is 2.70. The Morgan fingerprint density at radius 3 is 2.81 bits per heavy atom. The average molecular weight is 244 g/mol. The molecule has 5 nitrogen and oxygen atoms in total. The van der Waals surface area contributed by atoms with Crippen LogP contribution in [0.5, 0.6) is 0 Å². The summed E-state index contributed by atoms with van der Waals surface area (Å²) in [5.74, 6) is 0.214. The highest BCUT2D eigenvalue weighted by Crippen LogP contribution is 2.04. The van der Waals surface area contributed by atoms with Crippen LogP contribution in [0.25, 0.3) is 0 Å². The second-order valence-corrected chi connectivity index (χ2v) is 5.23. The standard InChI is InChI=1S/C10H16N2O3S/c1-3-9(10(13)14)16(15)7-6-12-5-4-11-8(12)2/h4-5,9H,3,6-7H2,1-2H3,(H,13,14). The van der Waals surface area contributed by atoms with E-state index in [1.165, 1.54) is 0 Å². The molecule has 1 rings (SSSR count). The number of hydrogen-bond donors (Lipinski definition) is 1. The van der Waals surface area contributed by atoms with Crippen molar-refractivity contribution >= 4 is 16.8 Å². The van der Waals surface area contributed by atoms with Crippen molar-refractivity contribution in [3.8, 4) is 0 Å². The Bertz CT molecular complexity index is 389. The van der Waals surface area contributed by atoms with Crippen molar-refractivity contribution in [3.05, 3.63) is 18.2 Å². The van der Waals surface area contributed by atoms with E-state index in [1.54, 1.807) is 19.3 Å². The first-order valence-electron chi connectivity index (χ1n) is 5.14. The van der Waals surface area contributed by atoms with Gasteiger partial charge in [-0.3, -0.25) is 9.00 Å². The molecule has 0 aliphatic heterocycles. The van der Waals surface area contributed by atoms with E-state index in [0.717, 1.165) is 5.82 Å². The summed E-state index contributed by atoms with van der Waals surface area (Å²) in [6.45, 7) is 4.14. The largest absolute Gasteiger partial charge is 0.480 e. The molecule has 2 unspecified atom stereocenters. The highest BCUT2D eigenvalue weighted by molar-refractivity contribution is 7.86. The van der Waals surface area contributed by atoms with Gasteiger partial charge in [-0.15, -0.1) is 0 Å². The molecule has 1 heterocycles. The third kappa shape index (κ3) is 3.16. The highest BCUT2D eigenvalue weighted by Gasteiger charge is 2.22. The second-order valence-electron chi connectivity index (χ2n) is 3.49. The second kappa shape index (κ2) is 5.79. The van der Waals surface area contributed by atoms with Gasteiger partial charge in [-0.05, 0) is 13.3 Å². The lowest BCUT2D eigenvalue weighted by molar-refractivity contribution is -0.136. The first-order valence-corrected chi connectivity index (χ1v) is 6.52. The van der Waals surface area contributed by atoms with Crippen LogP contribution in [0.2, 0.25) is 0 Å². The van der Waals surface area contributed by atoms with Crippen molar-refractivity contribution in [2.45, 2.75) is 32.1 Å². The van der Waals surface area contributed by atoms with Gasteiger partial charge in [0.05, 0.1) is 0 Å². The summed E-state index contributed by atoms with van der Waals surface area (Å²) in [5, 5.41) is 8.08. The van der Waals surface area contributed by atoms with Crippen LogP contribution in [0.1, 0.15) is 19.2 Å². The van der Waals surface area contributed by atoms with E-state index in [9.17, 15) is 9.00 Å². The highest BCUT2D eigenvalue weighted by atomic mass is 32.2. The number of carboxylic acid groups (broad SMARTS) is 1. The number of carbonyl (C=O) groups is 1. The van der Waals surface area contributed by atoms with Gasteiger partial charge in [0.1, 0.15) is 11.1 Å². The molecule has 0 amide bonds. The summed E-state index contributed by atoms with van der Waals surface area (Å²) in [5.41, 5.74) is 0. The first-order chi connectivity index (χ1) is 7.56. The van der Waals surface area contributed by atoms with Crippen LogP contribution in [0.3, 0.4) is 0 Å². The molecule has 0 aliphatic carbocycles. The summed E-state index contributed by atoms with van der Waals surface area (Å²) in [7, 11) is -1.33. The Hall–Kier alpha value is -1.17. The Morgan fingerprint density at radius 2 is 2.38 bits per heavy atom. The summed E-state index contributed by atoms with van der Waals surface area (Å²) >= 11 is 0. The Morgan fingerprint density at radius 1 is 1.69 bits per heavy atom. The van der Waals surface area contributed by atoms with E-state index in [0.29, 0.717) is 18.7 Å². The van der Waals surface area contributed by atoms with E-state index >= 15 is 0 Å². The molecular weight excluding hydrogens is 228 g/mol. The lowest BCUT2D eigenvalue weighted by atomic mass is 10.3. The smallest absolute Gasteiger partial charge is 0.319 e. The molecule has 0 saturated heterocycles. The summed E-state index contributed by atoms with van der Waals surface area (Å²) < 4.78 is 13.6. The molecule has 16 heavy (non-hydrogen) atoms. The fourth-order valence-electron chi connectivity index (χ4n) is 1.44. The molecule has 0 radical (unpaired) electrons. The number of aromatic nitrogens is 2. The van der Waals surface area contributed by atoms with Crippen LogP contribution in [-0.4, -0.2) is 35.8 Å². The van der Waals surface area contributed by atoms with Gasteiger partial charge in [-0.2, -0.15) is 0 Å². The van der Waals surface area contributed by atoms with E-state index in [4.69, 9.17) is 5.11 Å². The molecule has 2 atom stereocenters. The minimum absolute atomic E-state index is 0.349. The van der Waals surface area contributed by atoms with Gasteiger partial charge in [0.15, 0.2) is 0 Å². The molecule has 6 heteroatoms. The molecule has 0 bridgehead atoms. The summed E-state index contributed by atoms with van der Waals surface area (Å²) in [6.07, 6.45) is 3.87. The zero-order chi connectivity index (χ0) is 12.1. The first kappa shape index (κ1) is 12.9. The van der Waals surface area contributed by atoms with Crippen LogP contribution >= 0.6 is 0 Å². The molecule has 0 aromatic carbocycles. The average Bonchev–Trinajstić information content (AvgIpc) is 2.61. The van der Waals surface area contributed by atoms with Crippen molar-refractivity contribution < 1.29 is 14.1 Å². The van der Waals surface area contributed by atoms with Crippen LogP contribution in [-0.2, 0) is 22.1 Å². The maximum Gasteiger partial charge on any atom is 0.319 e. The van der Waals surface area contributed by atoms with E-state index in [-0.39, 0.29) is 0 Å². The van der Waals surface area contributed by atoms with E-state index in [1.807, 2.05) is 11.5 Å². The third-order valence-corrected chi connectivity index (χ3v) is 4.18. The lowest BCUT2D eigenvalue weighted by Gasteiger charge is -2.10. The predicted molar refractivity (Wildman–Crippen MR) is 61.7 cm³/mol. The van der Waals surface area contributed by atoms with Gasteiger partial charge < -0.3 is 9.67 Å². The topological polar surface area (TPSA) is 72.2 Å². The number of carboxylic acids is 1. The van der Waals surface area contributed by atoms with Gasteiger partial charge >= 0.3 is 5.97 Å². The molecule has 90 valence electrons. The minimum atomic E-state index is -1.33. The number of aliphatic carboxylic acids is 1. The molecule has 0 aliphatic rings. The zero-order valence-electron chi connectivity index (χ0n) is 9.42. The fraction of sp³-hybridized carbons (Fsp3) is 0.600. The van der Waals surface area contributed by atoms with Crippen molar-refractivity contribution in [1.29, 1.82) is 0 Å². The summed E-state index contributed by atoms with van der Waals surface area (Å²) in [4.78, 5) is 14.8. The number of aryl methyl sites for hydroxylation is 2. The number of rotatable bonds is 6. The van der Waals surface area contributed by atoms with Crippen LogP contribution in [0, 0.1) is 6.92 Å². The molecule has 1 aromatic rings. The predicted octanol–water partition coefficient (Wildman–Crippen LogP) is 0.803. The van der Waals surface area contributed by atoms with Gasteiger partial charge in [0, 0.05) is 35.5 Å². The maximum atomic E-state index is 11.7.